The van der Waals surface area contributed by atoms with Gasteiger partial charge in [0.05, 0.1) is 0 Å². The minimum Gasteiger partial charge on any atom is -0.367 e. The summed E-state index contributed by atoms with van der Waals surface area (Å²) in [6, 6.07) is 10.0. The molecule has 0 bridgehead atoms. The molecule has 0 spiro atoms. The van der Waals surface area contributed by atoms with E-state index in [2.05, 4.69) is 21.1 Å². The first-order valence-corrected chi connectivity index (χ1v) is 4.30. The third kappa shape index (κ3) is 2.01. The summed E-state index contributed by atoms with van der Waals surface area (Å²) in [5.74, 6) is 1.03. The number of amidine groups is 1. The van der Waals surface area contributed by atoms with E-state index >= 15 is 0 Å². The molecule has 0 atom stereocenters. The van der Waals surface area contributed by atoms with Gasteiger partial charge in [0.2, 0.25) is 5.96 Å². The van der Waals surface area contributed by atoms with Crippen LogP contribution in [0.2, 0.25) is 0 Å². The van der Waals surface area contributed by atoms with E-state index in [9.17, 15) is 0 Å². The van der Waals surface area contributed by atoms with Crippen LogP contribution in [0.15, 0.2) is 40.5 Å². The summed E-state index contributed by atoms with van der Waals surface area (Å²) in [6.07, 6.45) is 0.713. The van der Waals surface area contributed by atoms with Crippen LogP contribution in [0.5, 0.6) is 0 Å². The smallest absolute Gasteiger partial charge is 0.232 e. The fourth-order valence-electron chi connectivity index (χ4n) is 1.17. The van der Waals surface area contributed by atoms with Crippen LogP contribution in [0.3, 0.4) is 0 Å². The molecule has 1 heterocycles. The lowest BCUT2D eigenvalue weighted by Gasteiger charge is -2.11. The van der Waals surface area contributed by atoms with Gasteiger partial charge in [0, 0.05) is 6.42 Å². The number of hydrazone groups is 2. The summed E-state index contributed by atoms with van der Waals surface area (Å²) >= 11 is 0. The molecular formula is C9H11N5. The zero-order valence-electron chi connectivity index (χ0n) is 7.57. The first-order valence-electron chi connectivity index (χ1n) is 4.30. The van der Waals surface area contributed by atoms with Crippen molar-refractivity contribution in [2.75, 3.05) is 0 Å². The van der Waals surface area contributed by atoms with Gasteiger partial charge in [-0.05, 0) is 5.56 Å². The highest BCUT2D eigenvalue weighted by atomic mass is 15.5. The van der Waals surface area contributed by atoms with Crippen molar-refractivity contribution in [2.24, 2.45) is 15.9 Å². The zero-order chi connectivity index (χ0) is 9.80. The number of nitrogens with one attached hydrogen (secondary N) is 2. The van der Waals surface area contributed by atoms with E-state index in [-0.39, 0.29) is 5.96 Å². The highest BCUT2D eigenvalue weighted by Gasteiger charge is 2.04. The highest BCUT2D eigenvalue weighted by Crippen LogP contribution is 2.00. The molecule has 0 saturated carbocycles. The van der Waals surface area contributed by atoms with Crippen molar-refractivity contribution in [3.8, 4) is 0 Å². The zero-order valence-corrected chi connectivity index (χ0v) is 7.57. The molecule has 72 valence electrons. The third-order valence-electron chi connectivity index (χ3n) is 1.83. The van der Waals surface area contributed by atoms with Gasteiger partial charge < -0.3 is 5.73 Å². The van der Waals surface area contributed by atoms with Gasteiger partial charge in [-0.1, -0.05) is 30.3 Å². The number of hydrogen-bond acceptors (Lipinski definition) is 5. The molecule has 4 N–H and O–H groups in total. The SMILES string of the molecule is NC1=NNC(Cc2ccccc2)=NN1. The lowest BCUT2D eigenvalue weighted by atomic mass is 10.1. The maximum atomic E-state index is 5.36. The van der Waals surface area contributed by atoms with Crippen molar-refractivity contribution >= 4 is 11.8 Å². The van der Waals surface area contributed by atoms with Crippen LogP contribution in [0, 0.1) is 0 Å². The summed E-state index contributed by atoms with van der Waals surface area (Å²) in [6.45, 7) is 0. The normalized spacial score (nSPS) is 14.9. The Labute approximate surface area is 81.7 Å². The van der Waals surface area contributed by atoms with Gasteiger partial charge in [-0.3, -0.25) is 5.43 Å². The first kappa shape index (κ1) is 8.55. The Kier molecular flexibility index (Phi) is 2.31. The summed E-state index contributed by atoms with van der Waals surface area (Å²) < 4.78 is 0. The minimum absolute atomic E-state index is 0.279. The quantitative estimate of drug-likeness (QED) is 0.611. The van der Waals surface area contributed by atoms with Gasteiger partial charge in [-0.25, -0.2) is 5.43 Å². The lowest BCUT2D eigenvalue weighted by molar-refractivity contribution is 0.851. The van der Waals surface area contributed by atoms with Gasteiger partial charge in [0.1, 0.15) is 5.84 Å². The number of nitrogens with two attached hydrogens (primary N) is 1. The van der Waals surface area contributed by atoms with Crippen molar-refractivity contribution < 1.29 is 0 Å². The molecule has 0 aliphatic carbocycles. The number of rotatable bonds is 2. The van der Waals surface area contributed by atoms with Crippen molar-refractivity contribution in [2.45, 2.75) is 6.42 Å². The maximum Gasteiger partial charge on any atom is 0.232 e. The van der Waals surface area contributed by atoms with Gasteiger partial charge in [0.25, 0.3) is 0 Å². The Morgan fingerprint density at radius 1 is 1.07 bits per heavy atom. The number of nitrogens with zero attached hydrogens (tertiary/aromatic N) is 2. The minimum atomic E-state index is 0.279. The Balaban J connectivity index is 2.00. The van der Waals surface area contributed by atoms with E-state index in [0.29, 0.717) is 6.42 Å². The average Bonchev–Trinajstić information content (AvgIpc) is 2.23. The second-order valence-electron chi connectivity index (χ2n) is 2.94. The van der Waals surface area contributed by atoms with E-state index in [1.165, 1.54) is 5.56 Å². The summed E-state index contributed by atoms with van der Waals surface area (Å²) in [4.78, 5) is 0. The van der Waals surface area contributed by atoms with Crippen molar-refractivity contribution in [3.05, 3.63) is 35.9 Å². The van der Waals surface area contributed by atoms with Gasteiger partial charge in [-0.15, -0.1) is 5.10 Å². The first-order chi connectivity index (χ1) is 6.84. The van der Waals surface area contributed by atoms with E-state index in [1.54, 1.807) is 0 Å². The second kappa shape index (κ2) is 3.78. The standard InChI is InChI=1S/C9H11N5/c10-9-13-11-8(12-14-9)6-7-4-2-1-3-5-7/h1-5H,6H2,(H,11,12)(H3,10,13,14). The molecule has 0 amide bonds. The fourth-order valence-corrected chi connectivity index (χ4v) is 1.17. The molecule has 5 heteroatoms. The van der Waals surface area contributed by atoms with Crippen molar-refractivity contribution in [1.29, 1.82) is 0 Å². The average molecular weight is 189 g/mol. The molecule has 0 unspecified atom stereocenters. The summed E-state index contributed by atoms with van der Waals surface area (Å²) in [5.41, 5.74) is 11.9. The predicted octanol–water partition coefficient (Wildman–Crippen LogP) is -0.0349. The van der Waals surface area contributed by atoms with Crippen LogP contribution in [-0.4, -0.2) is 11.8 Å². The fraction of sp³-hybridized carbons (Fsp3) is 0.111. The van der Waals surface area contributed by atoms with Crippen LogP contribution < -0.4 is 16.6 Å². The van der Waals surface area contributed by atoms with Crippen molar-refractivity contribution in [1.82, 2.24) is 10.9 Å². The monoisotopic (exact) mass is 189 g/mol. The molecule has 1 aliphatic rings. The highest BCUT2D eigenvalue weighted by molar-refractivity contribution is 5.90. The molecule has 2 rings (SSSR count). The van der Waals surface area contributed by atoms with Gasteiger partial charge in [-0.2, -0.15) is 5.10 Å². The third-order valence-corrected chi connectivity index (χ3v) is 1.83. The van der Waals surface area contributed by atoms with Crippen LogP contribution in [0.25, 0.3) is 0 Å². The maximum absolute atomic E-state index is 5.36. The van der Waals surface area contributed by atoms with E-state index in [4.69, 9.17) is 5.73 Å². The Morgan fingerprint density at radius 3 is 2.50 bits per heavy atom. The summed E-state index contributed by atoms with van der Waals surface area (Å²) in [5, 5.41) is 7.82. The molecule has 0 saturated heterocycles. The van der Waals surface area contributed by atoms with Crippen LogP contribution in [-0.2, 0) is 6.42 Å². The van der Waals surface area contributed by atoms with Crippen LogP contribution >= 0.6 is 0 Å². The van der Waals surface area contributed by atoms with Crippen LogP contribution in [0.4, 0.5) is 0 Å². The van der Waals surface area contributed by atoms with Gasteiger partial charge >= 0.3 is 0 Å². The predicted molar refractivity (Wildman–Crippen MR) is 55.5 cm³/mol. The lowest BCUT2D eigenvalue weighted by Crippen LogP contribution is -2.39. The molecule has 1 aromatic rings. The van der Waals surface area contributed by atoms with Crippen LogP contribution in [0.1, 0.15) is 5.56 Å². The summed E-state index contributed by atoms with van der Waals surface area (Å²) in [7, 11) is 0. The van der Waals surface area contributed by atoms with E-state index < -0.39 is 0 Å². The Hall–Kier alpha value is -2.04. The Bertz CT molecular complexity index is 368. The molecule has 1 aromatic carbocycles. The second-order valence-corrected chi connectivity index (χ2v) is 2.94. The number of hydrogen-bond donors (Lipinski definition) is 3. The molecule has 0 aromatic heterocycles. The molecule has 1 aliphatic heterocycles. The van der Waals surface area contributed by atoms with E-state index in [0.717, 1.165) is 5.84 Å². The van der Waals surface area contributed by atoms with Crippen molar-refractivity contribution in [3.63, 3.8) is 0 Å². The molecule has 0 radical (unpaired) electrons. The Morgan fingerprint density at radius 2 is 1.86 bits per heavy atom. The topological polar surface area (TPSA) is 74.8 Å². The molecular weight excluding hydrogens is 178 g/mol. The molecule has 14 heavy (non-hydrogen) atoms. The van der Waals surface area contributed by atoms with E-state index in [1.807, 2.05) is 30.3 Å². The number of guanidine groups is 1. The number of benzene rings is 1. The molecule has 0 fully saturated rings. The van der Waals surface area contributed by atoms with Gasteiger partial charge in [0.15, 0.2) is 0 Å². The largest absolute Gasteiger partial charge is 0.367 e. The molecule has 5 nitrogen and oxygen atoms in total.